The van der Waals surface area contributed by atoms with Gasteiger partial charge in [0.2, 0.25) is 0 Å². The lowest BCUT2D eigenvalue weighted by Gasteiger charge is -2.33. The number of hydrogen-bond acceptors (Lipinski definition) is 2. The Hall–Kier alpha value is -8.74. The van der Waals surface area contributed by atoms with Crippen molar-refractivity contribution in [3.05, 3.63) is 218 Å². The molecule has 0 saturated heterocycles. The van der Waals surface area contributed by atoms with E-state index in [0.717, 1.165) is 78.5 Å². The highest BCUT2D eigenvalue weighted by Crippen LogP contribution is 2.44. The zero-order valence-electron chi connectivity index (χ0n) is 35.5. The van der Waals surface area contributed by atoms with Gasteiger partial charge in [-0.3, -0.25) is 0 Å². The molecule has 0 unspecified atom stereocenters. The summed E-state index contributed by atoms with van der Waals surface area (Å²) in [7, 11) is 0. The van der Waals surface area contributed by atoms with Gasteiger partial charge in [-0.05, 0) is 95.6 Å². The number of nitrogens with zero attached hydrogens (tertiary/aromatic N) is 3. The van der Waals surface area contributed by atoms with Gasteiger partial charge in [-0.2, -0.15) is 0 Å². The summed E-state index contributed by atoms with van der Waals surface area (Å²) in [6, 6.07) is 78.8. The van der Waals surface area contributed by atoms with E-state index in [1.807, 2.05) is 0 Å². The predicted molar refractivity (Wildman–Crippen MR) is 272 cm³/mol. The SMILES string of the molecule is c1cc(-c2ccc3c(c2)B2Oc4ccccc4-c4cc(-n5c6ccccc6c6cc(-n7c8ccccc8c8ccccc87)ccc65)cc(c42)O3)cc(-n2c3ccccc3c3ccccc32)c1. The zero-order chi connectivity index (χ0) is 43.0. The largest absolute Gasteiger partial charge is 0.551 e. The maximum Gasteiger partial charge on any atom is 0.434 e. The summed E-state index contributed by atoms with van der Waals surface area (Å²) in [4.78, 5) is 0. The van der Waals surface area contributed by atoms with Crippen LogP contribution in [0, 0.1) is 0 Å². The fourth-order valence-corrected chi connectivity index (χ4v) is 11.3. The van der Waals surface area contributed by atoms with Crippen LogP contribution in [0.2, 0.25) is 0 Å². The Balaban J connectivity index is 0.878. The lowest BCUT2D eigenvalue weighted by atomic mass is 9.50. The number of aromatic nitrogens is 3. The molecule has 0 amide bonds. The van der Waals surface area contributed by atoms with Gasteiger partial charge in [0.1, 0.15) is 17.2 Å². The molecule has 5 heterocycles. The maximum absolute atomic E-state index is 7.02. The molecule has 0 radical (unpaired) electrons. The topological polar surface area (TPSA) is 33.2 Å². The van der Waals surface area contributed by atoms with E-state index in [4.69, 9.17) is 9.39 Å². The third-order valence-electron chi connectivity index (χ3n) is 14.1. The Morgan fingerprint density at radius 3 is 1.45 bits per heavy atom. The molecule has 15 rings (SSSR count). The number of ether oxygens (including phenoxy) is 1. The molecule has 13 aromatic rings. The summed E-state index contributed by atoms with van der Waals surface area (Å²) in [5.74, 6) is 2.47. The minimum atomic E-state index is -0.352. The first-order valence-corrected chi connectivity index (χ1v) is 22.6. The van der Waals surface area contributed by atoms with Crippen molar-refractivity contribution < 1.29 is 9.39 Å². The molecule has 0 atom stereocenters. The monoisotopic (exact) mass is 841 g/mol. The van der Waals surface area contributed by atoms with Crippen molar-refractivity contribution in [3.63, 3.8) is 0 Å². The first-order valence-electron chi connectivity index (χ1n) is 22.6. The highest BCUT2D eigenvalue weighted by atomic mass is 16.5. The van der Waals surface area contributed by atoms with Gasteiger partial charge in [-0.15, -0.1) is 0 Å². The molecule has 0 N–H and O–H groups in total. The second-order valence-corrected chi connectivity index (χ2v) is 17.6. The van der Waals surface area contributed by atoms with E-state index in [0.29, 0.717) is 0 Å². The fourth-order valence-electron chi connectivity index (χ4n) is 11.3. The van der Waals surface area contributed by atoms with E-state index in [1.54, 1.807) is 0 Å². The fraction of sp³-hybridized carbons (Fsp3) is 0. The van der Waals surface area contributed by atoms with Crippen LogP contribution in [0.3, 0.4) is 0 Å². The second-order valence-electron chi connectivity index (χ2n) is 17.6. The molecule has 2 aliphatic heterocycles. The molecule has 0 spiro atoms. The van der Waals surface area contributed by atoms with Crippen LogP contribution in [0.1, 0.15) is 0 Å². The van der Waals surface area contributed by atoms with Gasteiger partial charge in [-0.1, -0.05) is 133 Å². The van der Waals surface area contributed by atoms with Crippen LogP contribution in [0.25, 0.3) is 105 Å². The van der Waals surface area contributed by atoms with Gasteiger partial charge >= 0.3 is 6.92 Å². The standard InChI is InChI=1S/C60H36BN3O2/c1-7-22-51-42(16-1)43-17-2-8-23-52(43)62(51)39-15-13-14-37(32-39)38-28-31-58-50(33-38)61-60-49(47-21-6-12-27-57(47)66-61)35-41(36-59(60)65-58)64-55-26-11-5-20-46(55)48-34-40(29-30-56(48)64)63-53-24-9-3-18-44(53)45-19-4-10-25-54(45)63/h1-36H. The molecule has 10 aromatic carbocycles. The number of rotatable bonds is 4. The van der Waals surface area contributed by atoms with Crippen LogP contribution in [-0.2, 0) is 0 Å². The van der Waals surface area contributed by atoms with E-state index in [1.165, 1.54) is 54.4 Å². The molecule has 5 nitrogen and oxygen atoms in total. The molecular weight excluding hydrogens is 805 g/mol. The Bertz CT molecular complexity index is 4100. The molecular formula is C60H36BN3O2. The summed E-state index contributed by atoms with van der Waals surface area (Å²) >= 11 is 0. The predicted octanol–water partition coefficient (Wildman–Crippen LogP) is 13.9. The van der Waals surface area contributed by atoms with Crippen LogP contribution >= 0.6 is 0 Å². The normalized spacial score (nSPS) is 12.8. The van der Waals surface area contributed by atoms with Crippen molar-refractivity contribution in [1.29, 1.82) is 0 Å². The van der Waals surface area contributed by atoms with Crippen molar-refractivity contribution in [3.8, 4) is 56.6 Å². The summed E-state index contributed by atoms with van der Waals surface area (Å²) < 4.78 is 21.2. The highest BCUT2D eigenvalue weighted by Gasteiger charge is 2.41. The molecule has 0 bridgehead atoms. The van der Waals surface area contributed by atoms with E-state index in [9.17, 15) is 0 Å². The third-order valence-corrected chi connectivity index (χ3v) is 14.1. The summed E-state index contributed by atoms with van der Waals surface area (Å²) in [5.41, 5.74) is 16.8. The number of benzene rings is 10. The highest BCUT2D eigenvalue weighted by molar-refractivity contribution is 6.84. The lowest BCUT2D eigenvalue weighted by Crippen LogP contribution is -2.53. The molecule has 2 aliphatic rings. The third kappa shape index (κ3) is 4.95. The van der Waals surface area contributed by atoms with Crippen molar-refractivity contribution in [2.24, 2.45) is 0 Å². The van der Waals surface area contributed by atoms with E-state index in [-0.39, 0.29) is 6.92 Å². The minimum Gasteiger partial charge on any atom is -0.551 e. The molecule has 3 aromatic heterocycles. The van der Waals surface area contributed by atoms with E-state index < -0.39 is 0 Å². The molecule has 6 heteroatoms. The second kappa shape index (κ2) is 13.4. The first-order chi connectivity index (χ1) is 32.7. The van der Waals surface area contributed by atoms with Crippen molar-refractivity contribution in [2.75, 3.05) is 0 Å². The lowest BCUT2D eigenvalue weighted by molar-refractivity contribution is 0.479. The van der Waals surface area contributed by atoms with Gasteiger partial charge in [0.25, 0.3) is 0 Å². The molecule has 66 heavy (non-hydrogen) atoms. The quantitative estimate of drug-likeness (QED) is 0.165. The molecule has 0 aliphatic carbocycles. The van der Waals surface area contributed by atoms with Crippen LogP contribution in [0.15, 0.2) is 218 Å². The van der Waals surface area contributed by atoms with Crippen LogP contribution in [-0.4, -0.2) is 20.6 Å². The van der Waals surface area contributed by atoms with Crippen LogP contribution in [0.4, 0.5) is 0 Å². The molecule has 0 saturated carbocycles. The zero-order valence-corrected chi connectivity index (χ0v) is 35.5. The minimum absolute atomic E-state index is 0.352. The average molecular weight is 842 g/mol. The Morgan fingerprint density at radius 2 is 0.818 bits per heavy atom. The Morgan fingerprint density at radius 1 is 0.303 bits per heavy atom. The van der Waals surface area contributed by atoms with Gasteiger partial charge in [0, 0.05) is 66.2 Å². The van der Waals surface area contributed by atoms with Crippen LogP contribution in [0.5, 0.6) is 17.2 Å². The number of fused-ring (bicyclic) bond motifs is 13. The first kappa shape index (κ1) is 35.7. The number of hydrogen-bond donors (Lipinski definition) is 0. The van der Waals surface area contributed by atoms with Gasteiger partial charge in [-0.25, -0.2) is 0 Å². The summed E-state index contributed by atoms with van der Waals surface area (Å²) in [6.45, 7) is -0.352. The van der Waals surface area contributed by atoms with E-state index >= 15 is 0 Å². The van der Waals surface area contributed by atoms with Crippen molar-refractivity contribution in [1.82, 2.24) is 13.7 Å². The van der Waals surface area contributed by atoms with E-state index in [2.05, 4.69) is 232 Å². The Labute approximate surface area is 379 Å². The van der Waals surface area contributed by atoms with Gasteiger partial charge < -0.3 is 23.1 Å². The van der Waals surface area contributed by atoms with Gasteiger partial charge in [0.05, 0.1) is 38.8 Å². The van der Waals surface area contributed by atoms with Crippen molar-refractivity contribution >= 4 is 83.3 Å². The number of para-hydroxylation sites is 6. The van der Waals surface area contributed by atoms with Crippen LogP contribution < -0.4 is 20.3 Å². The molecule has 0 fully saturated rings. The smallest absolute Gasteiger partial charge is 0.434 e. The van der Waals surface area contributed by atoms with Gasteiger partial charge in [0.15, 0.2) is 0 Å². The molecule has 306 valence electrons. The summed E-state index contributed by atoms with van der Waals surface area (Å²) in [6.07, 6.45) is 0. The maximum atomic E-state index is 7.02. The Kier molecular flexibility index (Phi) is 7.24. The van der Waals surface area contributed by atoms with Crippen molar-refractivity contribution in [2.45, 2.75) is 0 Å². The average Bonchev–Trinajstić information content (AvgIpc) is 4.02. The summed E-state index contributed by atoms with van der Waals surface area (Å²) in [5, 5.41) is 7.40.